The minimum Gasteiger partial charge on any atom is -0.356 e. The molecule has 5 nitrogen and oxygen atoms in total. The summed E-state index contributed by atoms with van der Waals surface area (Å²) in [5.41, 5.74) is 4.36. The monoisotopic (exact) mass is 514 g/mol. The Morgan fingerprint density at radius 1 is 1.07 bits per heavy atom. The van der Waals surface area contributed by atoms with Gasteiger partial charge in [-0.25, -0.2) is 4.68 Å². The van der Waals surface area contributed by atoms with Crippen molar-refractivity contribution >= 4 is 45.6 Å². The number of fused-ring (bicyclic) bond motifs is 1. The number of nitrogens with zero attached hydrogens (tertiary/aromatic N) is 4. The fourth-order valence-corrected chi connectivity index (χ4v) is 4.86. The fourth-order valence-electron chi connectivity index (χ4n) is 4.39. The third kappa shape index (κ3) is 4.45. The van der Waals surface area contributed by atoms with Gasteiger partial charge in [0.1, 0.15) is 0 Å². The molecule has 0 N–H and O–H groups in total. The van der Waals surface area contributed by atoms with Crippen molar-refractivity contribution in [3.05, 3.63) is 57.1 Å². The number of likely N-dealkylation sites (tertiary alicyclic amines) is 1. The topological polar surface area (TPSA) is 43.2 Å². The molecule has 1 atom stereocenters. The number of benzene rings is 1. The van der Waals surface area contributed by atoms with Crippen molar-refractivity contribution in [1.82, 2.24) is 19.7 Å². The number of ether oxygens (including phenoxy) is 1. The molecule has 2 fully saturated rings. The molecular weight excluding hydrogens is 487 g/mol. The Labute approximate surface area is 191 Å². The van der Waals surface area contributed by atoms with Gasteiger partial charge in [0.05, 0.1) is 16.9 Å². The van der Waals surface area contributed by atoms with Crippen LogP contribution in [0.25, 0.3) is 23.1 Å². The predicted octanol–water partition coefficient (Wildman–Crippen LogP) is 5.50. The lowest BCUT2D eigenvalue weighted by Crippen LogP contribution is -2.19. The van der Waals surface area contributed by atoms with Crippen LogP contribution >= 0.6 is 22.6 Å². The predicted molar refractivity (Wildman–Crippen MR) is 129 cm³/mol. The van der Waals surface area contributed by atoms with E-state index < -0.39 is 0 Å². The van der Waals surface area contributed by atoms with Crippen molar-refractivity contribution in [1.29, 1.82) is 0 Å². The van der Waals surface area contributed by atoms with Gasteiger partial charge in [-0.2, -0.15) is 5.10 Å². The number of aromatic nitrogens is 3. The van der Waals surface area contributed by atoms with Gasteiger partial charge >= 0.3 is 0 Å². The van der Waals surface area contributed by atoms with Crippen LogP contribution in [0.15, 0.2) is 36.5 Å². The van der Waals surface area contributed by atoms with Crippen LogP contribution in [0.4, 0.5) is 0 Å². The van der Waals surface area contributed by atoms with E-state index in [9.17, 15) is 0 Å². The zero-order chi connectivity index (χ0) is 20.3. The van der Waals surface area contributed by atoms with Crippen LogP contribution in [0.5, 0.6) is 0 Å². The number of halogens is 1. The molecule has 0 amide bonds. The Balaban J connectivity index is 1.38. The van der Waals surface area contributed by atoms with Crippen LogP contribution in [0.2, 0.25) is 0 Å². The standard InChI is InChI=1S/C24H27IN4O/c25-19-7-10-21-22(27-29(23(21)15-19)24-5-1-4-14-30-24)11-9-20-8-6-18(16-26-20)17-28-12-2-3-13-28/h6-11,15-16,24H,1-5,12-14,17H2/b11-9+. The molecule has 1 aromatic carbocycles. The molecule has 4 heterocycles. The van der Waals surface area contributed by atoms with Crippen LogP contribution in [0.3, 0.4) is 0 Å². The lowest BCUT2D eigenvalue weighted by molar-refractivity contribution is -0.0367. The molecule has 30 heavy (non-hydrogen) atoms. The van der Waals surface area contributed by atoms with Crippen molar-refractivity contribution in [2.45, 2.75) is 44.9 Å². The highest BCUT2D eigenvalue weighted by Crippen LogP contribution is 2.30. The third-order valence-corrected chi connectivity index (χ3v) is 6.66. The lowest BCUT2D eigenvalue weighted by atomic mass is 10.1. The number of hydrogen-bond donors (Lipinski definition) is 0. The van der Waals surface area contributed by atoms with Crippen LogP contribution in [-0.4, -0.2) is 39.4 Å². The second kappa shape index (κ2) is 9.16. The highest BCUT2D eigenvalue weighted by atomic mass is 127. The summed E-state index contributed by atoms with van der Waals surface area (Å²) < 4.78 is 9.30. The van der Waals surface area contributed by atoms with E-state index in [1.54, 1.807) is 0 Å². The summed E-state index contributed by atoms with van der Waals surface area (Å²) >= 11 is 2.36. The first-order valence-electron chi connectivity index (χ1n) is 10.9. The van der Waals surface area contributed by atoms with E-state index in [1.807, 2.05) is 6.20 Å². The zero-order valence-corrected chi connectivity index (χ0v) is 19.3. The molecule has 2 aromatic heterocycles. The van der Waals surface area contributed by atoms with Gasteiger partial charge in [0.25, 0.3) is 0 Å². The first-order valence-corrected chi connectivity index (χ1v) is 12.0. The Bertz CT molecular complexity index is 1030. The Kier molecular flexibility index (Phi) is 6.15. The average molecular weight is 514 g/mol. The maximum atomic E-state index is 6.01. The Morgan fingerprint density at radius 3 is 2.73 bits per heavy atom. The van der Waals surface area contributed by atoms with Crippen molar-refractivity contribution in [2.24, 2.45) is 0 Å². The molecule has 5 rings (SSSR count). The largest absolute Gasteiger partial charge is 0.356 e. The Morgan fingerprint density at radius 2 is 1.97 bits per heavy atom. The molecule has 0 saturated carbocycles. The molecule has 6 heteroatoms. The van der Waals surface area contributed by atoms with Gasteiger partial charge in [-0.05, 0) is 110 Å². The summed E-state index contributed by atoms with van der Waals surface area (Å²) in [6.45, 7) is 4.24. The maximum absolute atomic E-state index is 6.01. The SMILES string of the molecule is Ic1ccc2c(/C=C/c3ccc(CN4CCCC4)cn3)nn(C3CCCCO3)c2c1. The molecule has 0 spiro atoms. The number of rotatable bonds is 5. The molecule has 3 aromatic rings. The van der Waals surface area contributed by atoms with Crippen LogP contribution in [-0.2, 0) is 11.3 Å². The molecule has 2 aliphatic rings. The minimum atomic E-state index is 0.0320. The molecule has 0 bridgehead atoms. The average Bonchev–Trinajstić information content (AvgIpc) is 3.41. The quantitative estimate of drug-likeness (QED) is 0.422. The second-order valence-corrected chi connectivity index (χ2v) is 9.47. The highest BCUT2D eigenvalue weighted by Gasteiger charge is 2.20. The van der Waals surface area contributed by atoms with E-state index in [4.69, 9.17) is 9.84 Å². The Hall–Kier alpha value is -1.77. The first kappa shape index (κ1) is 20.2. The van der Waals surface area contributed by atoms with Crippen LogP contribution in [0, 0.1) is 3.57 Å². The van der Waals surface area contributed by atoms with Crippen molar-refractivity contribution in [3.63, 3.8) is 0 Å². The van der Waals surface area contributed by atoms with E-state index in [1.165, 1.54) is 41.5 Å². The van der Waals surface area contributed by atoms with Gasteiger partial charge in [0.2, 0.25) is 0 Å². The summed E-state index contributed by atoms with van der Waals surface area (Å²) in [7, 11) is 0. The second-order valence-electron chi connectivity index (χ2n) is 8.22. The van der Waals surface area contributed by atoms with Crippen LogP contribution < -0.4 is 0 Å². The van der Waals surface area contributed by atoms with E-state index in [0.29, 0.717) is 0 Å². The summed E-state index contributed by atoms with van der Waals surface area (Å²) in [5, 5.41) is 6.08. The minimum absolute atomic E-state index is 0.0320. The van der Waals surface area contributed by atoms with E-state index >= 15 is 0 Å². The first-order chi connectivity index (χ1) is 14.8. The summed E-state index contributed by atoms with van der Waals surface area (Å²) in [6, 6.07) is 10.8. The van der Waals surface area contributed by atoms with Gasteiger partial charge in [0.15, 0.2) is 6.23 Å². The van der Waals surface area contributed by atoms with Crippen molar-refractivity contribution in [2.75, 3.05) is 19.7 Å². The van der Waals surface area contributed by atoms with Gasteiger partial charge in [-0.15, -0.1) is 0 Å². The molecule has 0 aliphatic carbocycles. The van der Waals surface area contributed by atoms with Crippen molar-refractivity contribution < 1.29 is 4.74 Å². The number of hydrogen-bond acceptors (Lipinski definition) is 4. The molecule has 1 unspecified atom stereocenters. The third-order valence-electron chi connectivity index (χ3n) is 5.99. The molecule has 156 valence electrons. The van der Waals surface area contributed by atoms with Gasteiger partial charge in [0, 0.05) is 28.3 Å². The molecular formula is C24H27IN4O. The zero-order valence-electron chi connectivity index (χ0n) is 17.1. The van der Waals surface area contributed by atoms with Gasteiger partial charge in [-0.1, -0.05) is 6.07 Å². The molecule has 2 aliphatic heterocycles. The normalized spacial score (nSPS) is 20.5. The van der Waals surface area contributed by atoms with Crippen molar-refractivity contribution in [3.8, 4) is 0 Å². The summed E-state index contributed by atoms with van der Waals surface area (Å²) in [5.74, 6) is 0. The summed E-state index contributed by atoms with van der Waals surface area (Å²) in [6.07, 6.45) is 12.2. The summed E-state index contributed by atoms with van der Waals surface area (Å²) in [4.78, 5) is 7.15. The lowest BCUT2D eigenvalue weighted by Gasteiger charge is -2.23. The van der Waals surface area contributed by atoms with E-state index in [-0.39, 0.29) is 6.23 Å². The number of pyridine rings is 1. The van der Waals surface area contributed by atoms with Crippen LogP contribution in [0.1, 0.15) is 55.3 Å². The fraction of sp³-hybridized carbons (Fsp3) is 0.417. The highest BCUT2D eigenvalue weighted by molar-refractivity contribution is 14.1. The van der Waals surface area contributed by atoms with Gasteiger partial charge in [-0.3, -0.25) is 9.88 Å². The maximum Gasteiger partial charge on any atom is 0.150 e. The molecule has 2 saturated heterocycles. The smallest absolute Gasteiger partial charge is 0.150 e. The van der Waals surface area contributed by atoms with E-state index in [0.717, 1.165) is 48.3 Å². The molecule has 0 radical (unpaired) electrons. The van der Waals surface area contributed by atoms with E-state index in [2.05, 4.69) is 79.6 Å². The van der Waals surface area contributed by atoms with Gasteiger partial charge < -0.3 is 4.74 Å².